The van der Waals surface area contributed by atoms with Gasteiger partial charge in [-0.05, 0) is 35.7 Å². The zero-order chi connectivity index (χ0) is 23.8. The minimum Gasteiger partial charge on any atom is -0.378 e. The average Bonchev–Trinajstić information content (AvgIpc) is 2.83. The summed E-state index contributed by atoms with van der Waals surface area (Å²) >= 11 is 0. The molecule has 0 spiro atoms. The predicted molar refractivity (Wildman–Crippen MR) is 135 cm³/mol. The molecule has 178 valence electrons. The van der Waals surface area contributed by atoms with Gasteiger partial charge < -0.3 is 20.4 Å². The van der Waals surface area contributed by atoms with Crippen molar-refractivity contribution >= 4 is 23.2 Å². The molecule has 2 aromatic carbocycles. The van der Waals surface area contributed by atoms with Gasteiger partial charge in [-0.3, -0.25) is 14.5 Å². The van der Waals surface area contributed by atoms with Crippen LogP contribution in [0.4, 0.5) is 11.4 Å². The van der Waals surface area contributed by atoms with Gasteiger partial charge in [-0.2, -0.15) is 0 Å². The highest BCUT2D eigenvalue weighted by atomic mass is 16.2. The van der Waals surface area contributed by atoms with Crippen LogP contribution in [0.1, 0.15) is 25.5 Å². The SMILES string of the molecule is CC(C)CNC(=O)C(=O)NCC(c1ccc(N(C)C)cc1)N1CCN(c2ccccc2)CC1. The number of carbonyl (C=O) groups is 2. The summed E-state index contributed by atoms with van der Waals surface area (Å²) in [6, 6.07) is 18.9. The molecule has 2 N–H and O–H groups in total. The minimum atomic E-state index is -0.575. The molecule has 3 rings (SSSR count). The van der Waals surface area contributed by atoms with E-state index in [1.165, 1.54) is 5.69 Å². The smallest absolute Gasteiger partial charge is 0.309 e. The molecule has 2 amide bonds. The van der Waals surface area contributed by atoms with Crippen molar-refractivity contribution in [1.29, 1.82) is 0 Å². The van der Waals surface area contributed by atoms with Crippen LogP contribution in [0.3, 0.4) is 0 Å². The summed E-state index contributed by atoms with van der Waals surface area (Å²) in [5.74, 6) is -0.849. The van der Waals surface area contributed by atoms with Crippen molar-refractivity contribution in [3.63, 3.8) is 0 Å². The van der Waals surface area contributed by atoms with E-state index in [2.05, 4.69) is 73.9 Å². The summed E-state index contributed by atoms with van der Waals surface area (Å²) in [5.41, 5.74) is 3.50. The number of piperazine rings is 1. The second kappa shape index (κ2) is 11.7. The minimum absolute atomic E-state index is 0.000911. The van der Waals surface area contributed by atoms with Crippen LogP contribution in [0.5, 0.6) is 0 Å². The monoisotopic (exact) mass is 451 g/mol. The van der Waals surface area contributed by atoms with Crippen molar-refractivity contribution in [1.82, 2.24) is 15.5 Å². The van der Waals surface area contributed by atoms with Crippen molar-refractivity contribution < 1.29 is 9.59 Å². The van der Waals surface area contributed by atoms with Gasteiger partial charge in [0.15, 0.2) is 0 Å². The molecule has 0 aromatic heterocycles. The summed E-state index contributed by atoms with van der Waals surface area (Å²) < 4.78 is 0. The molecule has 0 aliphatic carbocycles. The third-order valence-corrected chi connectivity index (χ3v) is 6.00. The lowest BCUT2D eigenvalue weighted by Gasteiger charge is -2.40. The molecule has 0 radical (unpaired) electrons. The second-order valence-electron chi connectivity index (χ2n) is 9.17. The highest BCUT2D eigenvalue weighted by Gasteiger charge is 2.26. The van der Waals surface area contributed by atoms with Gasteiger partial charge in [0.2, 0.25) is 0 Å². The fourth-order valence-corrected chi connectivity index (χ4v) is 4.03. The van der Waals surface area contributed by atoms with Crippen LogP contribution in [0.15, 0.2) is 54.6 Å². The third-order valence-electron chi connectivity index (χ3n) is 6.00. The lowest BCUT2D eigenvalue weighted by Crippen LogP contribution is -2.51. The first-order valence-electron chi connectivity index (χ1n) is 11.7. The topological polar surface area (TPSA) is 67.9 Å². The fourth-order valence-electron chi connectivity index (χ4n) is 4.03. The number of hydrogen-bond acceptors (Lipinski definition) is 5. The number of anilines is 2. The Kier molecular flexibility index (Phi) is 8.72. The lowest BCUT2D eigenvalue weighted by atomic mass is 10.0. The normalized spacial score (nSPS) is 15.2. The van der Waals surface area contributed by atoms with Gasteiger partial charge in [-0.15, -0.1) is 0 Å². The highest BCUT2D eigenvalue weighted by Crippen LogP contribution is 2.25. The van der Waals surface area contributed by atoms with E-state index in [-0.39, 0.29) is 6.04 Å². The summed E-state index contributed by atoms with van der Waals surface area (Å²) in [6.45, 7) is 8.47. The van der Waals surface area contributed by atoms with Crippen molar-refractivity contribution in [2.75, 3.05) is 63.2 Å². The summed E-state index contributed by atoms with van der Waals surface area (Å²) in [4.78, 5) is 31.4. The summed E-state index contributed by atoms with van der Waals surface area (Å²) in [5, 5.41) is 5.56. The Morgan fingerprint density at radius 3 is 1.97 bits per heavy atom. The summed E-state index contributed by atoms with van der Waals surface area (Å²) in [6.07, 6.45) is 0. The summed E-state index contributed by atoms with van der Waals surface area (Å²) in [7, 11) is 4.04. The fraction of sp³-hybridized carbons (Fsp3) is 0.462. The first-order chi connectivity index (χ1) is 15.8. The third kappa shape index (κ3) is 6.96. The van der Waals surface area contributed by atoms with E-state index in [0.29, 0.717) is 19.0 Å². The van der Waals surface area contributed by atoms with E-state index in [1.54, 1.807) is 0 Å². The van der Waals surface area contributed by atoms with E-state index in [9.17, 15) is 9.59 Å². The molecular formula is C26H37N5O2. The Hall–Kier alpha value is -3.06. The van der Waals surface area contributed by atoms with Crippen LogP contribution in [-0.2, 0) is 9.59 Å². The average molecular weight is 452 g/mol. The molecule has 0 saturated carbocycles. The van der Waals surface area contributed by atoms with Gasteiger partial charge in [0.1, 0.15) is 0 Å². The first-order valence-corrected chi connectivity index (χ1v) is 11.7. The zero-order valence-corrected chi connectivity index (χ0v) is 20.3. The number of nitrogens with one attached hydrogen (secondary N) is 2. The molecule has 7 heteroatoms. The predicted octanol–water partition coefficient (Wildman–Crippen LogP) is 2.50. The van der Waals surface area contributed by atoms with E-state index in [1.807, 2.05) is 34.0 Å². The van der Waals surface area contributed by atoms with Gasteiger partial charge >= 0.3 is 11.8 Å². The molecule has 1 saturated heterocycles. The molecular weight excluding hydrogens is 414 g/mol. The van der Waals surface area contributed by atoms with E-state index in [4.69, 9.17) is 0 Å². The Balaban J connectivity index is 1.68. The lowest BCUT2D eigenvalue weighted by molar-refractivity contribution is -0.139. The molecule has 1 unspecified atom stereocenters. The van der Waals surface area contributed by atoms with Crippen molar-refractivity contribution in [3.8, 4) is 0 Å². The largest absolute Gasteiger partial charge is 0.378 e. The van der Waals surface area contributed by atoms with E-state index >= 15 is 0 Å². The standard InChI is InChI=1S/C26H37N5O2/c1-20(2)18-27-25(32)26(33)28-19-24(21-10-12-22(13-11-21)29(3)4)31-16-14-30(15-17-31)23-8-6-5-7-9-23/h5-13,20,24H,14-19H2,1-4H3,(H,27,32)(H,28,33). The maximum absolute atomic E-state index is 12.4. The number of nitrogens with zero attached hydrogens (tertiary/aromatic N) is 3. The Bertz CT molecular complexity index is 891. The first kappa shape index (κ1) is 24.6. The number of amides is 2. The molecule has 7 nitrogen and oxygen atoms in total. The van der Waals surface area contributed by atoms with E-state index in [0.717, 1.165) is 37.4 Å². The van der Waals surface area contributed by atoms with Gasteiger partial charge in [0, 0.05) is 64.7 Å². The van der Waals surface area contributed by atoms with Crippen LogP contribution in [0.2, 0.25) is 0 Å². The van der Waals surface area contributed by atoms with Gasteiger partial charge in [0.05, 0.1) is 6.04 Å². The second-order valence-corrected chi connectivity index (χ2v) is 9.17. The Morgan fingerprint density at radius 1 is 0.848 bits per heavy atom. The molecule has 0 bridgehead atoms. The van der Waals surface area contributed by atoms with Crippen LogP contribution >= 0.6 is 0 Å². The maximum Gasteiger partial charge on any atom is 0.309 e. The molecule has 1 aliphatic heterocycles. The number of carbonyl (C=O) groups excluding carboxylic acids is 2. The zero-order valence-electron chi connectivity index (χ0n) is 20.3. The number of para-hydroxylation sites is 1. The van der Waals surface area contributed by atoms with Crippen molar-refractivity contribution in [2.24, 2.45) is 5.92 Å². The maximum atomic E-state index is 12.4. The van der Waals surface area contributed by atoms with Crippen LogP contribution in [0, 0.1) is 5.92 Å². The Labute approximate surface area is 197 Å². The van der Waals surface area contributed by atoms with Gasteiger partial charge in [-0.25, -0.2) is 0 Å². The van der Waals surface area contributed by atoms with Crippen LogP contribution in [-0.4, -0.2) is 70.1 Å². The number of benzene rings is 2. The van der Waals surface area contributed by atoms with Gasteiger partial charge in [0.25, 0.3) is 0 Å². The van der Waals surface area contributed by atoms with E-state index < -0.39 is 11.8 Å². The molecule has 1 atom stereocenters. The van der Waals surface area contributed by atoms with Crippen LogP contribution < -0.4 is 20.4 Å². The number of hydrogen-bond donors (Lipinski definition) is 2. The van der Waals surface area contributed by atoms with Crippen molar-refractivity contribution in [3.05, 3.63) is 60.2 Å². The molecule has 2 aromatic rings. The Morgan fingerprint density at radius 2 is 1.42 bits per heavy atom. The van der Waals surface area contributed by atoms with Crippen molar-refractivity contribution in [2.45, 2.75) is 19.9 Å². The number of rotatable bonds is 8. The molecule has 1 fully saturated rings. The quantitative estimate of drug-likeness (QED) is 0.604. The van der Waals surface area contributed by atoms with Gasteiger partial charge in [-0.1, -0.05) is 44.2 Å². The molecule has 1 aliphatic rings. The van der Waals surface area contributed by atoms with Crippen LogP contribution in [0.25, 0.3) is 0 Å². The highest BCUT2D eigenvalue weighted by molar-refractivity contribution is 6.35. The molecule has 33 heavy (non-hydrogen) atoms. The molecule has 1 heterocycles.